The number of benzene rings is 3. The lowest BCUT2D eigenvalue weighted by atomic mass is 9.98. The second-order valence-electron chi connectivity index (χ2n) is 8.09. The van der Waals surface area contributed by atoms with Crippen LogP contribution >= 0.6 is 11.6 Å². The Balaban J connectivity index is 1.37. The Morgan fingerprint density at radius 2 is 1.62 bits per heavy atom. The fraction of sp³-hybridized carbons (Fsp3) is 0.192. The molecular weight excluding hydrogens is 456 g/mol. The lowest BCUT2D eigenvalue weighted by Crippen LogP contribution is -2.31. The summed E-state index contributed by atoms with van der Waals surface area (Å²) >= 11 is 6.25. The zero-order valence-electron chi connectivity index (χ0n) is 18.4. The molecule has 2 amide bonds. The van der Waals surface area contributed by atoms with Crippen molar-refractivity contribution in [3.63, 3.8) is 0 Å². The van der Waals surface area contributed by atoms with Crippen LogP contribution < -0.4 is 10.6 Å². The number of rotatable bonds is 7. The molecule has 8 heteroatoms. The van der Waals surface area contributed by atoms with Gasteiger partial charge >= 0.3 is 12.1 Å². The van der Waals surface area contributed by atoms with E-state index in [0.29, 0.717) is 5.69 Å². The molecule has 3 aromatic rings. The molecule has 0 saturated carbocycles. The van der Waals surface area contributed by atoms with E-state index in [-0.39, 0.29) is 29.7 Å². The largest absolute Gasteiger partial charge is 0.481 e. The predicted molar refractivity (Wildman–Crippen MR) is 129 cm³/mol. The maximum absolute atomic E-state index is 12.5. The van der Waals surface area contributed by atoms with Crippen LogP contribution in [0.2, 0.25) is 5.02 Å². The van der Waals surface area contributed by atoms with Crippen molar-refractivity contribution in [2.75, 3.05) is 18.5 Å². The third kappa shape index (κ3) is 4.89. The predicted octanol–water partition coefficient (Wildman–Crippen LogP) is 5.15. The molecule has 3 aromatic carbocycles. The lowest BCUT2D eigenvalue weighted by Gasteiger charge is -2.15. The number of hydrogen-bond donors (Lipinski definition) is 3. The average molecular weight is 479 g/mol. The number of hydrogen-bond acceptors (Lipinski definition) is 4. The topological polar surface area (TPSA) is 105 Å². The van der Waals surface area contributed by atoms with Gasteiger partial charge in [-0.2, -0.15) is 0 Å². The van der Waals surface area contributed by atoms with Gasteiger partial charge in [0, 0.05) is 18.0 Å². The smallest absolute Gasteiger partial charge is 0.411 e. The van der Waals surface area contributed by atoms with Crippen LogP contribution in [-0.2, 0) is 9.53 Å². The Morgan fingerprint density at radius 1 is 1.00 bits per heavy atom. The maximum atomic E-state index is 12.5. The van der Waals surface area contributed by atoms with Crippen molar-refractivity contribution < 1.29 is 24.2 Å². The van der Waals surface area contributed by atoms with Crippen molar-refractivity contribution in [2.24, 2.45) is 5.92 Å². The van der Waals surface area contributed by atoms with E-state index in [9.17, 15) is 14.4 Å². The third-order valence-corrected chi connectivity index (χ3v) is 6.11. The van der Waals surface area contributed by atoms with Crippen LogP contribution in [0, 0.1) is 5.92 Å². The molecule has 1 aliphatic rings. The minimum atomic E-state index is -0.999. The standard InChI is InChI=1S/C26H23ClN2O5/c1-15(25(31)32)13-28-24(30)16-10-11-23(22(27)12-16)29-26(33)34-14-21-19-8-4-2-6-17(19)18-7-3-5-9-20(18)21/h2-12,15,21H,13-14H2,1H3,(H,28,30)(H,29,33)(H,31,32). The van der Waals surface area contributed by atoms with E-state index in [1.807, 2.05) is 36.4 Å². The molecule has 4 rings (SSSR count). The fourth-order valence-electron chi connectivity index (χ4n) is 3.94. The Bertz CT molecular complexity index is 1210. The van der Waals surface area contributed by atoms with Gasteiger partial charge in [-0.25, -0.2) is 4.79 Å². The van der Waals surface area contributed by atoms with Crippen molar-refractivity contribution in [2.45, 2.75) is 12.8 Å². The number of halogens is 1. The number of carboxylic acids is 1. The second-order valence-corrected chi connectivity index (χ2v) is 8.50. The van der Waals surface area contributed by atoms with Crippen LogP contribution in [0.25, 0.3) is 11.1 Å². The number of carbonyl (C=O) groups is 3. The number of aliphatic carboxylic acids is 1. The summed E-state index contributed by atoms with van der Waals surface area (Å²) in [6, 6.07) is 20.5. The van der Waals surface area contributed by atoms with E-state index in [0.717, 1.165) is 22.3 Å². The molecule has 7 nitrogen and oxygen atoms in total. The van der Waals surface area contributed by atoms with Crippen LogP contribution in [0.1, 0.15) is 34.3 Å². The molecule has 1 atom stereocenters. The van der Waals surface area contributed by atoms with E-state index in [1.54, 1.807) is 0 Å². The molecule has 0 aliphatic heterocycles. The molecule has 3 N–H and O–H groups in total. The van der Waals surface area contributed by atoms with Gasteiger partial charge in [-0.1, -0.05) is 67.1 Å². The Morgan fingerprint density at radius 3 is 2.21 bits per heavy atom. The highest BCUT2D eigenvalue weighted by Crippen LogP contribution is 2.44. The van der Waals surface area contributed by atoms with Crippen LogP contribution in [0.3, 0.4) is 0 Å². The number of anilines is 1. The molecule has 0 bridgehead atoms. The van der Waals surface area contributed by atoms with Gasteiger partial charge in [-0.15, -0.1) is 0 Å². The Kier molecular flexibility index (Phi) is 6.84. The summed E-state index contributed by atoms with van der Waals surface area (Å²) in [5, 5.41) is 14.2. The first kappa shape index (κ1) is 23.3. The number of fused-ring (bicyclic) bond motifs is 3. The summed E-state index contributed by atoms with van der Waals surface area (Å²) < 4.78 is 5.52. The van der Waals surface area contributed by atoms with Gasteiger partial charge in [0.1, 0.15) is 6.61 Å². The minimum absolute atomic E-state index is 0.00840. The SMILES string of the molecule is CC(CNC(=O)c1ccc(NC(=O)OCC2c3ccccc3-c3ccccc32)c(Cl)c1)C(=O)O. The van der Waals surface area contributed by atoms with Crippen molar-refractivity contribution in [1.29, 1.82) is 0 Å². The van der Waals surface area contributed by atoms with E-state index in [1.165, 1.54) is 25.1 Å². The third-order valence-electron chi connectivity index (χ3n) is 5.80. The van der Waals surface area contributed by atoms with E-state index in [2.05, 4.69) is 22.8 Å². The first-order valence-electron chi connectivity index (χ1n) is 10.8. The average Bonchev–Trinajstić information content (AvgIpc) is 3.16. The molecule has 0 fully saturated rings. The van der Waals surface area contributed by atoms with Gasteiger partial charge in [-0.3, -0.25) is 14.9 Å². The van der Waals surface area contributed by atoms with Crippen LogP contribution in [0.15, 0.2) is 66.7 Å². The van der Waals surface area contributed by atoms with Crippen molar-refractivity contribution in [1.82, 2.24) is 5.32 Å². The summed E-state index contributed by atoms with van der Waals surface area (Å²) in [5.41, 5.74) is 5.06. The highest BCUT2D eigenvalue weighted by atomic mass is 35.5. The monoisotopic (exact) mass is 478 g/mol. The summed E-state index contributed by atoms with van der Waals surface area (Å²) in [4.78, 5) is 35.6. The molecule has 0 spiro atoms. The minimum Gasteiger partial charge on any atom is -0.481 e. The molecular formula is C26H23ClN2O5. The quantitative estimate of drug-likeness (QED) is 0.435. The Labute approximate surface area is 201 Å². The van der Waals surface area contributed by atoms with Crippen LogP contribution in [0.4, 0.5) is 10.5 Å². The highest BCUT2D eigenvalue weighted by Gasteiger charge is 2.29. The first-order valence-corrected chi connectivity index (χ1v) is 11.2. The Hall–Kier alpha value is -3.84. The van der Waals surface area contributed by atoms with E-state index < -0.39 is 23.9 Å². The molecule has 1 unspecified atom stereocenters. The number of ether oxygens (including phenoxy) is 1. The zero-order chi connectivity index (χ0) is 24.2. The highest BCUT2D eigenvalue weighted by molar-refractivity contribution is 6.34. The molecule has 0 aromatic heterocycles. The molecule has 174 valence electrons. The first-order chi connectivity index (χ1) is 16.3. The van der Waals surface area contributed by atoms with Crippen molar-refractivity contribution in [3.05, 3.63) is 88.4 Å². The molecule has 34 heavy (non-hydrogen) atoms. The van der Waals surface area contributed by atoms with Gasteiger partial charge < -0.3 is 15.2 Å². The molecule has 1 aliphatic carbocycles. The van der Waals surface area contributed by atoms with Crippen molar-refractivity contribution in [3.8, 4) is 11.1 Å². The van der Waals surface area contributed by atoms with Crippen LogP contribution in [-0.4, -0.2) is 36.2 Å². The summed E-state index contributed by atoms with van der Waals surface area (Å²) in [7, 11) is 0. The maximum Gasteiger partial charge on any atom is 0.411 e. The van der Waals surface area contributed by atoms with Crippen molar-refractivity contribution >= 4 is 35.3 Å². The normalized spacial score (nSPS) is 12.9. The van der Waals surface area contributed by atoms with E-state index in [4.69, 9.17) is 21.4 Å². The fourth-order valence-corrected chi connectivity index (χ4v) is 4.17. The lowest BCUT2D eigenvalue weighted by molar-refractivity contribution is -0.140. The molecule has 0 saturated heterocycles. The van der Waals surface area contributed by atoms with Crippen LogP contribution in [0.5, 0.6) is 0 Å². The van der Waals surface area contributed by atoms with Gasteiger partial charge in [0.15, 0.2) is 0 Å². The molecule has 0 heterocycles. The van der Waals surface area contributed by atoms with E-state index >= 15 is 0 Å². The number of nitrogens with one attached hydrogen (secondary N) is 2. The van der Waals surface area contributed by atoms with Gasteiger partial charge in [0.25, 0.3) is 5.91 Å². The molecule has 0 radical (unpaired) electrons. The number of carbonyl (C=O) groups excluding carboxylic acids is 2. The van der Waals surface area contributed by atoms with Gasteiger partial charge in [0.2, 0.25) is 0 Å². The number of amides is 2. The zero-order valence-corrected chi connectivity index (χ0v) is 19.1. The second kappa shape index (κ2) is 9.97. The summed E-state index contributed by atoms with van der Waals surface area (Å²) in [6.45, 7) is 1.66. The van der Waals surface area contributed by atoms with Gasteiger partial charge in [-0.05, 0) is 40.5 Å². The summed E-state index contributed by atoms with van der Waals surface area (Å²) in [5.74, 6) is -2.23. The number of carboxylic acid groups (broad SMARTS) is 1. The van der Waals surface area contributed by atoms with Gasteiger partial charge in [0.05, 0.1) is 16.6 Å². The summed E-state index contributed by atoms with van der Waals surface area (Å²) in [6.07, 6.45) is -0.656.